The number of hydrogen-bond acceptors (Lipinski definition) is 3. The van der Waals surface area contributed by atoms with E-state index in [-0.39, 0.29) is 5.91 Å². The summed E-state index contributed by atoms with van der Waals surface area (Å²) in [6, 6.07) is 7.10. The third-order valence-corrected chi connectivity index (χ3v) is 2.59. The van der Waals surface area contributed by atoms with E-state index in [9.17, 15) is 9.90 Å². The minimum absolute atomic E-state index is 0.0894. The predicted octanol–water partition coefficient (Wildman–Crippen LogP) is 0.610. The second-order valence-corrected chi connectivity index (χ2v) is 3.36. The molecule has 0 radical (unpaired) electrons. The van der Waals surface area contributed by atoms with Crippen LogP contribution in [0.15, 0.2) is 24.3 Å². The van der Waals surface area contributed by atoms with Gasteiger partial charge in [0.15, 0.2) is 6.23 Å². The summed E-state index contributed by atoms with van der Waals surface area (Å²) in [7, 11) is 3.32. The first-order valence-corrected chi connectivity index (χ1v) is 4.40. The van der Waals surface area contributed by atoms with E-state index in [0.717, 1.165) is 0 Å². The van der Waals surface area contributed by atoms with Gasteiger partial charge < -0.3 is 5.11 Å². The number of aliphatic hydroxyl groups excluding tert-OH is 1. The fourth-order valence-corrected chi connectivity index (χ4v) is 1.60. The predicted molar refractivity (Wildman–Crippen MR) is 51.3 cm³/mol. The molecule has 1 atom stereocenters. The van der Waals surface area contributed by atoms with Crippen LogP contribution in [-0.4, -0.2) is 35.1 Å². The van der Waals surface area contributed by atoms with Crippen molar-refractivity contribution in [2.45, 2.75) is 6.23 Å². The van der Waals surface area contributed by atoms with Gasteiger partial charge in [0.05, 0.1) is 0 Å². The topological polar surface area (TPSA) is 43.8 Å². The average molecular weight is 192 g/mol. The molecule has 0 aromatic heterocycles. The fourth-order valence-electron chi connectivity index (χ4n) is 1.60. The van der Waals surface area contributed by atoms with Crippen molar-refractivity contribution in [3.05, 3.63) is 35.4 Å². The van der Waals surface area contributed by atoms with Gasteiger partial charge in [-0.3, -0.25) is 9.80 Å². The highest BCUT2D eigenvalue weighted by Crippen LogP contribution is 2.27. The molecular formula is C10H12N2O2. The number of rotatable bonds is 0. The number of fused-ring (bicyclic) bond motifs is 1. The number of nitrogens with zero attached hydrogens (tertiary/aromatic N) is 2. The third-order valence-electron chi connectivity index (χ3n) is 2.59. The molecule has 1 aromatic rings. The summed E-state index contributed by atoms with van der Waals surface area (Å²) >= 11 is 0. The van der Waals surface area contributed by atoms with Crippen LogP contribution in [0.5, 0.6) is 0 Å². The highest BCUT2D eigenvalue weighted by atomic mass is 16.3. The van der Waals surface area contributed by atoms with E-state index >= 15 is 0 Å². The van der Waals surface area contributed by atoms with Crippen molar-refractivity contribution in [1.29, 1.82) is 0 Å². The van der Waals surface area contributed by atoms with Crippen LogP contribution in [0.2, 0.25) is 0 Å². The molecule has 1 unspecified atom stereocenters. The van der Waals surface area contributed by atoms with Crippen molar-refractivity contribution < 1.29 is 9.90 Å². The van der Waals surface area contributed by atoms with Crippen molar-refractivity contribution in [1.82, 2.24) is 10.0 Å². The normalized spacial score (nSPS) is 22.4. The highest BCUT2D eigenvalue weighted by Gasteiger charge is 2.31. The molecule has 0 spiro atoms. The van der Waals surface area contributed by atoms with Crippen molar-refractivity contribution in [3.63, 3.8) is 0 Å². The number of amides is 1. The van der Waals surface area contributed by atoms with E-state index < -0.39 is 6.23 Å². The largest absolute Gasteiger partial charge is 0.372 e. The second kappa shape index (κ2) is 3.08. The standard InChI is InChI=1S/C10H12N2O2/c1-11-9(13)7-5-3-4-6-8(7)10(14)12(11)2/h3-6,9,13H,1-2H3. The van der Waals surface area contributed by atoms with Crippen LogP contribution in [0.3, 0.4) is 0 Å². The summed E-state index contributed by atoms with van der Waals surface area (Å²) in [6.07, 6.45) is -0.742. The lowest BCUT2D eigenvalue weighted by atomic mass is 10.0. The maximum Gasteiger partial charge on any atom is 0.268 e. The molecule has 4 nitrogen and oxygen atoms in total. The monoisotopic (exact) mass is 192 g/mol. The molecule has 2 rings (SSSR count). The Kier molecular flexibility index (Phi) is 2.02. The van der Waals surface area contributed by atoms with Crippen molar-refractivity contribution in [2.24, 2.45) is 0 Å². The van der Waals surface area contributed by atoms with Crippen molar-refractivity contribution in [3.8, 4) is 0 Å². The lowest BCUT2D eigenvalue weighted by molar-refractivity contribution is -0.0989. The van der Waals surface area contributed by atoms with Gasteiger partial charge in [-0.1, -0.05) is 18.2 Å². The number of benzene rings is 1. The molecule has 0 saturated carbocycles. The maximum atomic E-state index is 11.7. The van der Waals surface area contributed by atoms with Gasteiger partial charge in [-0.15, -0.1) is 0 Å². The van der Waals surface area contributed by atoms with E-state index in [1.54, 1.807) is 32.3 Å². The summed E-state index contributed by atoms with van der Waals surface area (Å²) in [4.78, 5) is 11.7. The van der Waals surface area contributed by atoms with Gasteiger partial charge in [0.25, 0.3) is 5.91 Å². The van der Waals surface area contributed by atoms with Crippen LogP contribution in [-0.2, 0) is 0 Å². The molecule has 1 aromatic carbocycles. The van der Waals surface area contributed by atoms with E-state index in [4.69, 9.17) is 0 Å². The Bertz CT molecular complexity index is 378. The molecule has 1 N–H and O–H groups in total. The molecule has 1 amide bonds. The minimum atomic E-state index is -0.742. The van der Waals surface area contributed by atoms with Crippen LogP contribution in [0, 0.1) is 0 Å². The molecule has 0 bridgehead atoms. The van der Waals surface area contributed by atoms with Gasteiger partial charge in [0, 0.05) is 25.2 Å². The number of carbonyl (C=O) groups excluding carboxylic acids is 1. The molecular weight excluding hydrogens is 180 g/mol. The van der Waals surface area contributed by atoms with Gasteiger partial charge in [0.2, 0.25) is 0 Å². The zero-order chi connectivity index (χ0) is 10.3. The molecule has 0 fully saturated rings. The summed E-state index contributed by atoms with van der Waals surface area (Å²) in [6.45, 7) is 0. The first kappa shape index (κ1) is 9.18. The molecule has 4 heteroatoms. The summed E-state index contributed by atoms with van der Waals surface area (Å²) in [5.74, 6) is -0.0894. The van der Waals surface area contributed by atoms with E-state index in [0.29, 0.717) is 11.1 Å². The van der Waals surface area contributed by atoms with Gasteiger partial charge in [-0.05, 0) is 6.07 Å². The van der Waals surface area contributed by atoms with E-state index in [1.165, 1.54) is 10.0 Å². The van der Waals surface area contributed by atoms with Crippen LogP contribution in [0.25, 0.3) is 0 Å². The summed E-state index contributed by atoms with van der Waals surface area (Å²) in [5.41, 5.74) is 1.23. The first-order valence-electron chi connectivity index (χ1n) is 4.40. The molecule has 0 saturated heterocycles. The fraction of sp³-hybridized carbons (Fsp3) is 0.300. The van der Waals surface area contributed by atoms with E-state index in [2.05, 4.69) is 0 Å². The average Bonchev–Trinajstić information content (AvgIpc) is 2.23. The second-order valence-electron chi connectivity index (χ2n) is 3.36. The van der Waals surface area contributed by atoms with Crippen LogP contribution >= 0.6 is 0 Å². The Morgan fingerprint density at radius 3 is 2.64 bits per heavy atom. The highest BCUT2D eigenvalue weighted by molar-refractivity contribution is 5.96. The van der Waals surface area contributed by atoms with Crippen LogP contribution < -0.4 is 0 Å². The minimum Gasteiger partial charge on any atom is -0.372 e. The van der Waals surface area contributed by atoms with Crippen molar-refractivity contribution in [2.75, 3.05) is 14.1 Å². The third kappa shape index (κ3) is 1.12. The Balaban J connectivity index is 2.56. The lowest BCUT2D eigenvalue weighted by Crippen LogP contribution is -2.47. The molecule has 14 heavy (non-hydrogen) atoms. The molecule has 1 aliphatic rings. The summed E-state index contributed by atoms with van der Waals surface area (Å²) < 4.78 is 0. The number of hydrazine groups is 1. The van der Waals surface area contributed by atoms with Gasteiger partial charge >= 0.3 is 0 Å². The lowest BCUT2D eigenvalue weighted by Gasteiger charge is -2.37. The maximum absolute atomic E-state index is 11.7. The Morgan fingerprint density at radius 1 is 1.29 bits per heavy atom. The zero-order valence-electron chi connectivity index (χ0n) is 8.14. The van der Waals surface area contributed by atoms with E-state index in [1.807, 2.05) is 6.07 Å². The van der Waals surface area contributed by atoms with Crippen molar-refractivity contribution >= 4 is 5.91 Å². The molecule has 0 aliphatic carbocycles. The quantitative estimate of drug-likeness (QED) is 0.655. The Labute approximate surface area is 82.3 Å². The van der Waals surface area contributed by atoms with Crippen LogP contribution in [0.1, 0.15) is 22.1 Å². The molecule has 1 aliphatic heterocycles. The zero-order valence-corrected chi connectivity index (χ0v) is 8.14. The molecule has 74 valence electrons. The first-order chi connectivity index (χ1) is 6.63. The number of hydrogen-bond donors (Lipinski definition) is 1. The van der Waals surface area contributed by atoms with Crippen LogP contribution in [0.4, 0.5) is 0 Å². The smallest absolute Gasteiger partial charge is 0.268 e. The van der Waals surface area contributed by atoms with Gasteiger partial charge in [0.1, 0.15) is 0 Å². The molecule has 1 heterocycles. The Hall–Kier alpha value is -1.39. The van der Waals surface area contributed by atoms with Gasteiger partial charge in [-0.25, -0.2) is 0 Å². The van der Waals surface area contributed by atoms with Gasteiger partial charge in [-0.2, -0.15) is 5.01 Å². The SMILES string of the molecule is CN1C(=O)c2ccccc2C(O)N1C. The Morgan fingerprint density at radius 2 is 1.93 bits per heavy atom. The number of carbonyl (C=O) groups is 1. The number of aliphatic hydroxyl groups is 1. The summed E-state index contributed by atoms with van der Waals surface area (Å²) in [5, 5.41) is 12.8.